The van der Waals surface area contributed by atoms with E-state index in [-0.39, 0.29) is 5.41 Å². The van der Waals surface area contributed by atoms with E-state index in [1.807, 2.05) is 17.5 Å². The lowest BCUT2D eigenvalue weighted by Crippen LogP contribution is -2.42. The van der Waals surface area contributed by atoms with Crippen LogP contribution in [0.3, 0.4) is 0 Å². The van der Waals surface area contributed by atoms with Gasteiger partial charge in [-0.3, -0.25) is 9.89 Å². The molecule has 2 N–H and O–H groups in total. The van der Waals surface area contributed by atoms with Crippen molar-refractivity contribution in [3.05, 3.63) is 40.2 Å². The van der Waals surface area contributed by atoms with E-state index in [4.69, 9.17) is 4.42 Å². The van der Waals surface area contributed by atoms with Crippen molar-refractivity contribution in [2.45, 2.75) is 52.1 Å². The second-order valence-corrected chi connectivity index (χ2v) is 9.51. The van der Waals surface area contributed by atoms with Gasteiger partial charge >= 0.3 is 0 Å². The second kappa shape index (κ2) is 9.56. The molecule has 3 rings (SSSR count). The molecule has 2 aromatic rings. The van der Waals surface area contributed by atoms with Crippen LogP contribution in [-0.2, 0) is 18.5 Å². The Kier molecular flexibility index (Phi) is 7.13. The number of piperidine rings is 1. The average Bonchev–Trinajstić information content (AvgIpc) is 3.35. The molecule has 154 valence electrons. The summed E-state index contributed by atoms with van der Waals surface area (Å²) in [6.45, 7) is 11.3. The topological polar surface area (TPSA) is 65.7 Å². The Morgan fingerprint density at radius 3 is 2.71 bits per heavy atom. The first-order chi connectivity index (χ1) is 13.4. The molecule has 0 radical (unpaired) electrons. The Morgan fingerprint density at radius 2 is 2.11 bits per heavy atom. The fourth-order valence-electron chi connectivity index (χ4n) is 3.33. The van der Waals surface area contributed by atoms with Crippen LogP contribution in [0.25, 0.3) is 0 Å². The van der Waals surface area contributed by atoms with Gasteiger partial charge in [0.2, 0.25) is 5.89 Å². The largest absolute Gasteiger partial charge is 0.443 e. The van der Waals surface area contributed by atoms with Gasteiger partial charge in [0.05, 0.1) is 12.7 Å². The highest BCUT2D eigenvalue weighted by Crippen LogP contribution is 2.22. The van der Waals surface area contributed by atoms with Crippen LogP contribution in [0.5, 0.6) is 0 Å². The zero-order valence-electron chi connectivity index (χ0n) is 17.5. The number of guanidine groups is 1. The van der Waals surface area contributed by atoms with Crippen molar-refractivity contribution in [3.63, 3.8) is 0 Å². The molecule has 1 aliphatic heterocycles. The number of rotatable bonds is 6. The zero-order valence-corrected chi connectivity index (χ0v) is 18.3. The molecule has 6 nitrogen and oxygen atoms in total. The summed E-state index contributed by atoms with van der Waals surface area (Å²) in [5.41, 5.74) is -0.0243. The number of hydrogen-bond donors (Lipinski definition) is 2. The summed E-state index contributed by atoms with van der Waals surface area (Å²) in [6.07, 6.45) is 4.27. The van der Waals surface area contributed by atoms with Crippen molar-refractivity contribution in [1.29, 1.82) is 0 Å². The van der Waals surface area contributed by atoms with Crippen molar-refractivity contribution < 1.29 is 4.42 Å². The van der Waals surface area contributed by atoms with Gasteiger partial charge in [-0.05, 0) is 43.3 Å². The van der Waals surface area contributed by atoms with Gasteiger partial charge in [-0.15, -0.1) is 11.3 Å². The molecule has 0 spiro atoms. The van der Waals surface area contributed by atoms with Crippen LogP contribution in [0.15, 0.2) is 33.1 Å². The predicted octanol–water partition coefficient (Wildman–Crippen LogP) is 3.61. The summed E-state index contributed by atoms with van der Waals surface area (Å²) in [4.78, 5) is 12.7. The number of nitrogens with one attached hydrogen (secondary N) is 2. The van der Waals surface area contributed by atoms with Crippen LogP contribution in [0.1, 0.15) is 50.1 Å². The molecule has 0 unspecified atom stereocenters. The Labute approximate surface area is 172 Å². The third-order valence-corrected chi connectivity index (χ3v) is 6.01. The molecule has 1 saturated heterocycles. The van der Waals surface area contributed by atoms with Crippen LogP contribution < -0.4 is 10.6 Å². The average molecular weight is 404 g/mol. The molecular weight excluding hydrogens is 370 g/mol. The maximum absolute atomic E-state index is 5.83. The first-order valence-corrected chi connectivity index (χ1v) is 11.0. The molecule has 1 fully saturated rings. The minimum absolute atomic E-state index is 0.0243. The van der Waals surface area contributed by atoms with Crippen molar-refractivity contribution in [1.82, 2.24) is 20.5 Å². The van der Waals surface area contributed by atoms with Crippen LogP contribution >= 0.6 is 11.3 Å². The molecule has 2 aromatic heterocycles. The fourth-order valence-corrected chi connectivity index (χ4v) is 4.08. The van der Waals surface area contributed by atoms with Crippen LogP contribution in [0.2, 0.25) is 0 Å². The monoisotopic (exact) mass is 403 g/mol. The van der Waals surface area contributed by atoms with Gasteiger partial charge < -0.3 is 15.1 Å². The molecule has 1 aliphatic rings. The highest BCUT2D eigenvalue weighted by Gasteiger charge is 2.21. The lowest BCUT2D eigenvalue weighted by atomic mass is 9.94. The highest BCUT2D eigenvalue weighted by molar-refractivity contribution is 7.09. The molecule has 3 heterocycles. The van der Waals surface area contributed by atoms with Gasteiger partial charge in [0.1, 0.15) is 5.76 Å². The van der Waals surface area contributed by atoms with E-state index < -0.39 is 0 Å². The molecule has 28 heavy (non-hydrogen) atoms. The third-order valence-electron chi connectivity index (χ3n) is 5.15. The van der Waals surface area contributed by atoms with Gasteiger partial charge in [-0.25, -0.2) is 4.98 Å². The smallest absolute Gasteiger partial charge is 0.213 e. The number of oxazole rings is 1. The molecule has 0 atom stereocenters. The maximum atomic E-state index is 5.83. The summed E-state index contributed by atoms with van der Waals surface area (Å²) in [5, 5.41) is 8.92. The summed E-state index contributed by atoms with van der Waals surface area (Å²) in [5.74, 6) is 3.08. The van der Waals surface area contributed by atoms with Gasteiger partial charge in [0.25, 0.3) is 0 Å². The summed E-state index contributed by atoms with van der Waals surface area (Å²) >= 11 is 1.85. The maximum Gasteiger partial charge on any atom is 0.213 e. The summed E-state index contributed by atoms with van der Waals surface area (Å²) in [7, 11) is 1.80. The van der Waals surface area contributed by atoms with Gasteiger partial charge in [-0.1, -0.05) is 26.8 Å². The van der Waals surface area contributed by atoms with Crippen molar-refractivity contribution >= 4 is 17.3 Å². The van der Waals surface area contributed by atoms with Crippen molar-refractivity contribution in [2.24, 2.45) is 10.9 Å². The van der Waals surface area contributed by atoms with E-state index in [0.717, 1.165) is 24.8 Å². The third kappa shape index (κ3) is 6.07. The molecule has 0 aromatic carbocycles. The van der Waals surface area contributed by atoms with E-state index in [1.165, 1.54) is 30.8 Å². The quantitative estimate of drug-likeness (QED) is 0.570. The second-order valence-electron chi connectivity index (χ2n) is 8.47. The van der Waals surface area contributed by atoms with E-state index in [1.54, 1.807) is 7.05 Å². The van der Waals surface area contributed by atoms with Gasteiger partial charge in [0.15, 0.2) is 5.96 Å². The minimum Gasteiger partial charge on any atom is -0.443 e. The molecule has 0 aliphatic carbocycles. The SMILES string of the molecule is CN=C(NCc1ncc(C(C)(C)C)o1)NCC1CCN(Cc2cccs2)CC1. The molecular formula is C21H33N5OS. The lowest BCUT2D eigenvalue weighted by molar-refractivity contribution is 0.179. The molecule has 0 bridgehead atoms. The number of nitrogens with zero attached hydrogens (tertiary/aromatic N) is 3. The van der Waals surface area contributed by atoms with Crippen LogP contribution in [0.4, 0.5) is 0 Å². The first-order valence-electron chi connectivity index (χ1n) is 10.1. The predicted molar refractivity (Wildman–Crippen MR) is 116 cm³/mol. The number of thiophene rings is 1. The van der Waals surface area contributed by atoms with Crippen molar-refractivity contribution in [2.75, 3.05) is 26.7 Å². The number of aliphatic imine (C=N–C) groups is 1. The number of hydrogen-bond acceptors (Lipinski definition) is 5. The lowest BCUT2D eigenvalue weighted by Gasteiger charge is -2.32. The van der Waals surface area contributed by atoms with E-state index >= 15 is 0 Å². The Morgan fingerprint density at radius 1 is 1.32 bits per heavy atom. The Hall–Kier alpha value is -1.86. The standard InChI is InChI=1S/C21H33N5OS/c1-21(2,3)18-13-23-19(27-18)14-25-20(22-4)24-12-16-7-9-26(10-8-16)15-17-6-5-11-28-17/h5-6,11,13,16H,7-10,12,14-15H2,1-4H3,(H2,22,24,25). The van der Waals surface area contributed by atoms with Gasteiger partial charge in [0, 0.05) is 30.4 Å². The number of likely N-dealkylation sites (tertiary alicyclic amines) is 1. The summed E-state index contributed by atoms with van der Waals surface area (Å²) < 4.78 is 5.83. The highest BCUT2D eigenvalue weighted by atomic mass is 32.1. The van der Waals surface area contributed by atoms with E-state index in [2.05, 4.69) is 63.8 Å². The molecule has 0 amide bonds. The minimum atomic E-state index is -0.0243. The Balaban J connectivity index is 1.37. The normalized spacial score (nSPS) is 17.1. The number of aromatic nitrogens is 1. The Bertz CT molecular complexity index is 739. The van der Waals surface area contributed by atoms with E-state index in [9.17, 15) is 0 Å². The summed E-state index contributed by atoms with van der Waals surface area (Å²) in [6, 6.07) is 4.36. The van der Waals surface area contributed by atoms with Crippen molar-refractivity contribution in [3.8, 4) is 0 Å². The fraction of sp³-hybridized carbons (Fsp3) is 0.619. The van der Waals surface area contributed by atoms with Crippen LogP contribution in [-0.4, -0.2) is 42.5 Å². The molecule has 7 heteroatoms. The van der Waals surface area contributed by atoms with Gasteiger partial charge in [-0.2, -0.15) is 0 Å². The van der Waals surface area contributed by atoms with E-state index in [0.29, 0.717) is 18.4 Å². The molecule has 0 saturated carbocycles. The van der Waals surface area contributed by atoms with Crippen LogP contribution in [0, 0.1) is 5.92 Å². The first kappa shape index (κ1) is 20.9. The zero-order chi connectivity index (χ0) is 20.0.